The molecule has 3 N–H and O–H groups in total. The molecular formula is C16H20N4O2. The number of aromatic nitrogens is 1. The maximum Gasteiger partial charge on any atom is 0.241 e. The molecule has 116 valence electrons. The highest BCUT2D eigenvalue weighted by Gasteiger charge is 2.32. The number of hydrogen-bond acceptors (Lipinski definition) is 3. The van der Waals surface area contributed by atoms with Crippen LogP contribution < -0.4 is 5.73 Å². The summed E-state index contributed by atoms with van der Waals surface area (Å²) < 4.78 is 0. The van der Waals surface area contributed by atoms with E-state index in [-0.39, 0.29) is 5.91 Å². The largest absolute Gasteiger partial charge is 0.368 e. The summed E-state index contributed by atoms with van der Waals surface area (Å²) in [5.74, 6) is -0.550. The minimum Gasteiger partial charge on any atom is -0.368 e. The van der Waals surface area contributed by atoms with E-state index >= 15 is 0 Å². The molecule has 1 aromatic heterocycles. The standard InChI is InChI=1S/C16H20N4O2/c1-11(21)20-7-6-19(10-15(20)16(17)22)9-13-8-12-4-2-3-5-14(12)18-13/h2-5,8,15,18H,6-7,9-10H2,1H3,(H2,17,22). The molecule has 1 fully saturated rings. The summed E-state index contributed by atoms with van der Waals surface area (Å²) in [6.07, 6.45) is 0. The van der Waals surface area contributed by atoms with Crippen LogP contribution in [0.5, 0.6) is 0 Å². The maximum atomic E-state index is 11.6. The minimum absolute atomic E-state index is 0.103. The van der Waals surface area contributed by atoms with Gasteiger partial charge in [-0.3, -0.25) is 14.5 Å². The van der Waals surface area contributed by atoms with Gasteiger partial charge in [0.05, 0.1) is 0 Å². The smallest absolute Gasteiger partial charge is 0.241 e. The SMILES string of the molecule is CC(=O)N1CCN(Cc2cc3ccccc3[nH]2)CC1C(N)=O. The van der Waals surface area contributed by atoms with Gasteiger partial charge in [0, 0.05) is 44.3 Å². The predicted molar refractivity (Wildman–Crippen MR) is 83.9 cm³/mol. The highest BCUT2D eigenvalue weighted by atomic mass is 16.2. The maximum absolute atomic E-state index is 11.6. The number of nitrogens with two attached hydrogens (primary N) is 1. The lowest BCUT2D eigenvalue weighted by molar-refractivity contribution is -0.141. The first-order valence-electron chi connectivity index (χ1n) is 7.40. The molecule has 2 heterocycles. The molecule has 1 saturated heterocycles. The molecule has 0 bridgehead atoms. The highest BCUT2D eigenvalue weighted by Crippen LogP contribution is 2.18. The number of rotatable bonds is 3. The van der Waals surface area contributed by atoms with Gasteiger partial charge in [0.1, 0.15) is 6.04 Å². The Morgan fingerprint density at radius 2 is 2.09 bits per heavy atom. The van der Waals surface area contributed by atoms with Gasteiger partial charge in [0.2, 0.25) is 11.8 Å². The van der Waals surface area contributed by atoms with Crippen LogP contribution in [0.2, 0.25) is 0 Å². The summed E-state index contributed by atoms with van der Waals surface area (Å²) in [4.78, 5) is 30.3. The lowest BCUT2D eigenvalue weighted by Crippen LogP contribution is -2.59. The van der Waals surface area contributed by atoms with Gasteiger partial charge < -0.3 is 15.6 Å². The van der Waals surface area contributed by atoms with Crippen molar-refractivity contribution in [1.82, 2.24) is 14.8 Å². The summed E-state index contributed by atoms with van der Waals surface area (Å²) in [5, 5.41) is 1.17. The van der Waals surface area contributed by atoms with Gasteiger partial charge in [-0.2, -0.15) is 0 Å². The van der Waals surface area contributed by atoms with Gasteiger partial charge in [-0.05, 0) is 17.5 Å². The van der Waals surface area contributed by atoms with Crippen molar-refractivity contribution in [1.29, 1.82) is 0 Å². The van der Waals surface area contributed by atoms with Gasteiger partial charge in [-0.1, -0.05) is 18.2 Å². The lowest BCUT2D eigenvalue weighted by atomic mass is 10.1. The molecule has 0 aliphatic carbocycles. The average Bonchev–Trinajstić information content (AvgIpc) is 2.89. The number of piperazine rings is 1. The van der Waals surface area contributed by atoms with Crippen LogP contribution in [0.15, 0.2) is 30.3 Å². The molecule has 0 spiro atoms. The molecule has 1 aliphatic rings. The molecule has 2 aromatic rings. The number of nitrogens with one attached hydrogen (secondary N) is 1. The third-order valence-corrected chi connectivity index (χ3v) is 4.18. The van der Waals surface area contributed by atoms with E-state index in [0.717, 1.165) is 17.8 Å². The van der Waals surface area contributed by atoms with Crippen molar-refractivity contribution in [3.8, 4) is 0 Å². The van der Waals surface area contributed by atoms with Crippen molar-refractivity contribution >= 4 is 22.7 Å². The second-order valence-corrected chi connectivity index (χ2v) is 5.75. The Balaban J connectivity index is 1.73. The van der Waals surface area contributed by atoms with Crippen molar-refractivity contribution in [2.24, 2.45) is 5.73 Å². The van der Waals surface area contributed by atoms with E-state index < -0.39 is 11.9 Å². The summed E-state index contributed by atoms with van der Waals surface area (Å²) in [7, 11) is 0. The molecule has 6 heteroatoms. The van der Waals surface area contributed by atoms with Crippen molar-refractivity contribution in [2.75, 3.05) is 19.6 Å². The Bertz CT molecular complexity index is 676. The number of benzene rings is 1. The molecule has 3 rings (SSSR count). The number of primary amides is 1. The van der Waals surface area contributed by atoms with Gasteiger partial charge in [0.25, 0.3) is 0 Å². The number of nitrogens with zero attached hydrogens (tertiary/aromatic N) is 2. The third-order valence-electron chi connectivity index (χ3n) is 4.18. The van der Waals surface area contributed by atoms with Crippen molar-refractivity contribution in [2.45, 2.75) is 19.5 Å². The average molecular weight is 300 g/mol. The number of carbonyl (C=O) groups excluding carboxylic acids is 2. The number of carbonyl (C=O) groups is 2. The summed E-state index contributed by atoms with van der Waals surface area (Å²) >= 11 is 0. The second kappa shape index (κ2) is 5.81. The van der Waals surface area contributed by atoms with Crippen LogP contribution in [0.3, 0.4) is 0 Å². The zero-order valence-corrected chi connectivity index (χ0v) is 12.6. The van der Waals surface area contributed by atoms with Crippen LogP contribution in [0.4, 0.5) is 0 Å². The fourth-order valence-electron chi connectivity index (χ4n) is 3.06. The summed E-state index contributed by atoms with van der Waals surface area (Å²) in [5.41, 5.74) is 7.65. The Morgan fingerprint density at radius 1 is 1.32 bits per heavy atom. The van der Waals surface area contributed by atoms with E-state index in [1.54, 1.807) is 4.90 Å². The number of H-pyrrole nitrogens is 1. The van der Waals surface area contributed by atoms with Crippen molar-refractivity contribution < 1.29 is 9.59 Å². The van der Waals surface area contributed by atoms with Gasteiger partial charge in [0.15, 0.2) is 0 Å². The first kappa shape index (κ1) is 14.6. The van der Waals surface area contributed by atoms with Crippen LogP contribution in [-0.4, -0.2) is 52.3 Å². The minimum atomic E-state index is -0.546. The number of aromatic amines is 1. The summed E-state index contributed by atoms with van der Waals surface area (Å²) in [6.45, 7) is 3.93. The van der Waals surface area contributed by atoms with E-state index in [1.165, 1.54) is 12.3 Å². The molecule has 6 nitrogen and oxygen atoms in total. The molecule has 0 saturated carbocycles. The number of hydrogen-bond donors (Lipinski definition) is 2. The fraction of sp³-hybridized carbons (Fsp3) is 0.375. The van der Waals surface area contributed by atoms with Crippen LogP contribution >= 0.6 is 0 Å². The Labute approximate surface area is 128 Å². The van der Waals surface area contributed by atoms with Crippen LogP contribution in [0.1, 0.15) is 12.6 Å². The second-order valence-electron chi connectivity index (χ2n) is 5.75. The van der Waals surface area contributed by atoms with E-state index in [1.807, 2.05) is 18.2 Å². The molecule has 0 radical (unpaired) electrons. The lowest BCUT2D eigenvalue weighted by Gasteiger charge is -2.39. The normalized spacial score (nSPS) is 19.5. The molecular weight excluding hydrogens is 280 g/mol. The highest BCUT2D eigenvalue weighted by molar-refractivity contribution is 5.86. The molecule has 1 aromatic carbocycles. The Kier molecular flexibility index (Phi) is 3.85. The molecule has 22 heavy (non-hydrogen) atoms. The van der Waals surface area contributed by atoms with Gasteiger partial charge in [-0.25, -0.2) is 0 Å². The van der Waals surface area contributed by atoms with E-state index in [4.69, 9.17) is 5.73 Å². The van der Waals surface area contributed by atoms with Crippen LogP contribution in [-0.2, 0) is 16.1 Å². The zero-order valence-electron chi connectivity index (χ0n) is 12.6. The predicted octanol–water partition coefficient (Wildman–Crippen LogP) is 0.686. The van der Waals surface area contributed by atoms with E-state index in [2.05, 4.69) is 22.0 Å². The Hall–Kier alpha value is -2.34. The number of amides is 2. The van der Waals surface area contributed by atoms with E-state index in [0.29, 0.717) is 19.6 Å². The first-order chi connectivity index (χ1) is 10.5. The van der Waals surface area contributed by atoms with Gasteiger partial charge >= 0.3 is 0 Å². The molecule has 1 atom stereocenters. The third kappa shape index (κ3) is 2.82. The number of para-hydroxylation sites is 1. The quantitative estimate of drug-likeness (QED) is 0.875. The molecule has 1 unspecified atom stereocenters. The zero-order chi connectivity index (χ0) is 15.7. The summed E-state index contributed by atoms with van der Waals surface area (Å²) in [6, 6.07) is 9.68. The van der Waals surface area contributed by atoms with Crippen molar-refractivity contribution in [3.63, 3.8) is 0 Å². The fourth-order valence-corrected chi connectivity index (χ4v) is 3.06. The Morgan fingerprint density at radius 3 is 2.77 bits per heavy atom. The number of fused-ring (bicyclic) bond motifs is 1. The van der Waals surface area contributed by atoms with E-state index in [9.17, 15) is 9.59 Å². The first-order valence-corrected chi connectivity index (χ1v) is 7.40. The van der Waals surface area contributed by atoms with Crippen LogP contribution in [0.25, 0.3) is 10.9 Å². The molecule has 1 aliphatic heterocycles. The van der Waals surface area contributed by atoms with Gasteiger partial charge in [-0.15, -0.1) is 0 Å². The van der Waals surface area contributed by atoms with Crippen molar-refractivity contribution in [3.05, 3.63) is 36.0 Å². The topological polar surface area (TPSA) is 82.4 Å². The van der Waals surface area contributed by atoms with Crippen LogP contribution in [0, 0.1) is 0 Å². The molecule has 2 amide bonds. The monoisotopic (exact) mass is 300 g/mol.